The van der Waals surface area contributed by atoms with Crippen LogP contribution in [0.15, 0.2) is 47.7 Å². The van der Waals surface area contributed by atoms with Crippen molar-refractivity contribution in [1.82, 2.24) is 5.32 Å². The lowest BCUT2D eigenvalue weighted by atomic mass is 9.73. The minimum atomic E-state index is -0.409. The number of Topliss-reactive ketones (excluding diaryl/α,β-unsaturated/α-hetero) is 1. The maximum absolute atomic E-state index is 13.5. The van der Waals surface area contributed by atoms with E-state index in [0.29, 0.717) is 41.4 Å². The number of amides is 1. The molecule has 0 bridgehead atoms. The number of hydrogen-bond acceptors (Lipinski definition) is 6. The van der Waals surface area contributed by atoms with Gasteiger partial charge in [-0.3, -0.25) is 9.59 Å². The average Bonchev–Trinajstić information content (AvgIpc) is 2.82. The molecular formula is C27H31NO6. The molecule has 1 heterocycles. The van der Waals surface area contributed by atoms with E-state index in [1.807, 2.05) is 44.2 Å². The number of rotatable bonds is 7. The number of allylic oxidation sites excluding steroid dienone is 2. The van der Waals surface area contributed by atoms with E-state index in [4.69, 9.17) is 18.9 Å². The van der Waals surface area contributed by atoms with Gasteiger partial charge in [-0.1, -0.05) is 18.2 Å². The molecule has 0 aromatic heterocycles. The molecular weight excluding hydrogens is 434 g/mol. The summed E-state index contributed by atoms with van der Waals surface area (Å²) in [6.07, 6.45) is 1.23. The third kappa shape index (κ3) is 4.47. The Labute approximate surface area is 200 Å². The standard InChI is InChI=1S/C27H31NO6/c1-15(2)34-18-8-6-16(7-9-18)17-12-21-25(22(29)13-17)20(14-24(30)28-21)19-10-11-23(31-3)27(33-5)26(19)32-4/h6-11,15,17,20H,12-14H2,1-5H3,(H,28,30)/t17-,20+/m1/s1. The van der Waals surface area contributed by atoms with Crippen molar-refractivity contribution in [2.45, 2.75) is 51.0 Å². The van der Waals surface area contributed by atoms with Crippen LogP contribution in [0.25, 0.3) is 0 Å². The monoisotopic (exact) mass is 465 g/mol. The van der Waals surface area contributed by atoms with Gasteiger partial charge < -0.3 is 24.3 Å². The number of benzene rings is 2. The highest BCUT2D eigenvalue weighted by molar-refractivity contribution is 6.02. The molecule has 7 nitrogen and oxygen atoms in total. The Morgan fingerprint density at radius 1 is 0.853 bits per heavy atom. The molecule has 34 heavy (non-hydrogen) atoms. The van der Waals surface area contributed by atoms with Gasteiger partial charge in [-0.25, -0.2) is 0 Å². The molecule has 2 atom stereocenters. The molecule has 0 saturated heterocycles. The molecule has 0 spiro atoms. The van der Waals surface area contributed by atoms with Crippen LogP contribution in [0.5, 0.6) is 23.0 Å². The second-order valence-electron chi connectivity index (χ2n) is 8.88. The summed E-state index contributed by atoms with van der Waals surface area (Å²) in [5.41, 5.74) is 3.14. The summed E-state index contributed by atoms with van der Waals surface area (Å²) in [5.74, 6) is 1.75. The Bertz CT molecular complexity index is 1120. The number of hydrogen-bond donors (Lipinski definition) is 1. The van der Waals surface area contributed by atoms with Crippen LogP contribution in [0, 0.1) is 0 Å². The van der Waals surface area contributed by atoms with Crippen molar-refractivity contribution in [3.05, 3.63) is 58.8 Å². The van der Waals surface area contributed by atoms with Crippen molar-refractivity contribution in [1.29, 1.82) is 0 Å². The van der Waals surface area contributed by atoms with E-state index in [2.05, 4.69) is 5.32 Å². The number of ketones is 1. The normalized spacial score (nSPS) is 20.1. The van der Waals surface area contributed by atoms with Crippen LogP contribution in [0.3, 0.4) is 0 Å². The lowest BCUT2D eigenvalue weighted by Gasteiger charge is -2.35. The molecule has 180 valence electrons. The largest absolute Gasteiger partial charge is 0.493 e. The minimum absolute atomic E-state index is 0.00861. The molecule has 4 rings (SSSR count). The van der Waals surface area contributed by atoms with Gasteiger partial charge in [-0.15, -0.1) is 0 Å². The second kappa shape index (κ2) is 9.79. The van der Waals surface area contributed by atoms with E-state index in [1.54, 1.807) is 20.3 Å². The van der Waals surface area contributed by atoms with E-state index >= 15 is 0 Å². The van der Waals surface area contributed by atoms with Gasteiger partial charge in [-0.05, 0) is 49.9 Å². The zero-order valence-corrected chi connectivity index (χ0v) is 20.3. The zero-order chi connectivity index (χ0) is 24.4. The van der Waals surface area contributed by atoms with Crippen molar-refractivity contribution >= 4 is 11.7 Å². The Morgan fingerprint density at radius 2 is 1.56 bits per heavy atom. The van der Waals surface area contributed by atoms with Crippen molar-refractivity contribution in [3.63, 3.8) is 0 Å². The fourth-order valence-corrected chi connectivity index (χ4v) is 4.95. The van der Waals surface area contributed by atoms with Gasteiger partial charge in [0.2, 0.25) is 11.7 Å². The van der Waals surface area contributed by atoms with Crippen LogP contribution in [0.2, 0.25) is 0 Å². The van der Waals surface area contributed by atoms with Gasteiger partial charge in [0.05, 0.1) is 27.4 Å². The predicted octanol–water partition coefficient (Wildman–Crippen LogP) is 4.50. The molecule has 2 aromatic rings. The SMILES string of the molecule is COc1ccc([C@@H]2CC(=O)NC3=C2C(=O)C[C@H](c2ccc(OC(C)C)cc2)C3)c(OC)c1OC. The quantitative estimate of drug-likeness (QED) is 0.648. The van der Waals surface area contributed by atoms with Gasteiger partial charge >= 0.3 is 0 Å². The van der Waals surface area contributed by atoms with E-state index < -0.39 is 5.92 Å². The van der Waals surface area contributed by atoms with E-state index in [-0.39, 0.29) is 30.1 Å². The third-order valence-corrected chi connectivity index (χ3v) is 6.37. The Hall–Kier alpha value is -3.48. The Kier molecular flexibility index (Phi) is 6.82. The van der Waals surface area contributed by atoms with Crippen LogP contribution in [0.1, 0.15) is 56.1 Å². The van der Waals surface area contributed by atoms with E-state index in [9.17, 15) is 9.59 Å². The molecule has 2 aliphatic rings. The van der Waals surface area contributed by atoms with Crippen molar-refractivity contribution in [2.75, 3.05) is 21.3 Å². The first-order valence-electron chi connectivity index (χ1n) is 11.5. The van der Waals surface area contributed by atoms with Crippen LogP contribution >= 0.6 is 0 Å². The number of carbonyl (C=O) groups excluding carboxylic acids is 2. The van der Waals surface area contributed by atoms with Crippen LogP contribution < -0.4 is 24.3 Å². The van der Waals surface area contributed by atoms with Crippen LogP contribution in [0.4, 0.5) is 0 Å². The molecule has 1 N–H and O–H groups in total. The molecule has 0 radical (unpaired) electrons. The Balaban J connectivity index is 1.69. The van der Waals surface area contributed by atoms with Crippen molar-refractivity contribution < 1.29 is 28.5 Å². The number of nitrogens with one attached hydrogen (secondary N) is 1. The van der Waals surface area contributed by atoms with Gasteiger partial charge in [-0.2, -0.15) is 0 Å². The first-order chi connectivity index (χ1) is 16.4. The maximum atomic E-state index is 13.5. The van der Waals surface area contributed by atoms with Gasteiger partial charge in [0.1, 0.15) is 5.75 Å². The average molecular weight is 466 g/mol. The fourth-order valence-electron chi connectivity index (χ4n) is 4.95. The van der Waals surface area contributed by atoms with Gasteiger partial charge in [0.15, 0.2) is 17.3 Å². The molecule has 1 aliphatic carbocycles. The molecule has 0 fully saturated rings. The van der Waals surface area contributed by atoms with Gasteiger partial charge in [0.25, 0.3) is 0 Å². The molecule has 0 unspecified atom stereocenters. The first kappa shape index (κ1) is 23.7. The molecule has 1 amide bonds. The topological polar surface area (TPSA) is 83.1 Å². The lowest BCUT2D eigenvalue weighted by Crippen LogP contribution is -2.38. The maximum Gasteiger partial charge on any atom is 0.225 e. The highest BCUT2D eigenvalue weighted by Crippen LogP contribution is 2.49. The zero-order valence-electron chi connectivity index (χ0n) is 20.3. The van der Waals surface area contributed by atoms with Gasteiger partial charge in [0, 0.05) is 35.6 Å². The summed E-state index contributed by atoms with van der Waals surface area (Å²) >= 11 is 0. The van der Waals surface area contributed by atoms with Crippen LogP contribution in [-0.2, 0) is 9.59 Å². The van der Waals surface area contributed by atoms with Crippen molar-refractivity contribution in [3.8, 4) is 23.0 Å². The van der Waals surface area contributed by atoms with E-state index in [1.165, 1.54) is 7.11 Å². The number of methoxy groups -OCH3 is 3. The minimum Gasteiger partial charge on any atom is -0.493 e. The summed E-state index contributed by atoms with van der Waals surface area (Å²) in [4.78, 5) is 26.2. The Morgan fingerprint density at radius 3 is 2.18 bits per heavy atom. The molecule has 1 aliphatic heterocycles. The summed E-state index contributed by atoms with van der Waals surface area (Å²) < 4.78 is 22.3. The third-order valence-electron chi connectivity index (χ3n) is 6.37. The highest BCUT2D eigenvalue weighted by atomic mass is 16.5. The number of carbonyl (C=O) groups is 2. The summed E-state index contributed by atoms with van der Waals surface area (Å²) in [6, 6.07) is 11.5. The summed E-state index contributed by atoms with van der Waals surface area (Å²) in [5, 5.41) is 2.97. The van der Waals surface area contributed by atoms with Crippen molar-refractivity contribution in [2.24, 2.45) is 0 Å². The highest BCUT2D eigenvalue weighted by Gasteiger charge is 2.40. The first-order valence-corrected chi connectivity index (χ1v) is 11.5. The van der Waals surface area contributed by atoms with Crippen LogP contribution in [-0.4, -0.2) is 39.1 Å². The second-order valence-corrected chi connectivity index (χ2v) is 8.88. The summed E-state index contributed by atoms with van der Waals surface area (Å²) in [7, 11) is 4.64. The smallest absolute Gasteiger partial charge is 0.225 e. The van der Waals surface area contributed by atoms with E-state index in [0.717, 1.165) is 16.9 Å². The predicted molar refractivity (Wildman–Crippen MR) is 128 cm³/mol. The molecule has 7 heteroatoms. The summed E-state index contributed by atoms with van der Waals surface area (Å²) in [6.45, 7) is 3.97. The molecule has 2 aromatic carbocycles. The fraction of sp³-hybridized carbons (Fsp3) is 0.407. The number of ether oxygens (including phenoxy) is 4. The molecule has 0 saturated carbocycles. The lowest BCUT2D eigenvalue weighted by molar-refractivity contribution is -0.122.